The Morgan fingerprint density at radius 1 is 1.23 bits per heavy atom. The van der Waals surface area contributed by atoms with Crippen molar-refractivity contribution in [1.82, 2.24) is 15.0 Å². The van der Waals surface area contributed by atoms with Crippen molar-refractivity contribution in [3.63, 3.8) is 0 Å². The Morgan fingerprint density at radius 3 is 2.53 bits per heavy atom. The minimum Gasteiger partial charge on any atom is -0.490 e. The number of carbonyl (C=O) groups excluding carboxylic acids is 2. The van der Waals surface area contributed by atoms with Crippen LogP contribution in [0, 0.1) is 0 Å². The number of hydrogen-bond donors (Lipinski definition) is 0. The molecule has 8 heteroatoms. The lowest BCUT2D eigenvalue weighted by Crippen LogP contribution is -2.42. The Labute approximate surface area is 176 Å². The number of methoxy groups -OCH3 is 1. The van der Waals surface area contributed by atoms with Crippen LogP contribution >= 0.6 is 0 Å². The maximum atomic E-state index is 12.7. The first-order valence-electron chi connectivity index (χ1n) is 10.2. The molecule has 3 rings (SSSR count). The van der Waals surface area contributed by atoms with E-state index >= 15 is 0 Å². The molecule has 1 atom stereocenters. The van der Waals surface area contributed by atoms with Crippen molar-refractivity contribution in [3.8, 4) is 5.75 Å². The van der Waals surface area contributed by atoms with Crippen LogP contribution in [-0.2, 0) is 9.53 Å². The molecule has 1 fully saturated rings. The first kappa shape index (κ1) is 21.8. The van der Waals surface area contributed by atoms with Gasteiger partial charge >= 0.3 is 0 Å². The van der Waals surface area contributed by atoms with Crippen LogP contribution < -0.4 is 4.74 Å². The smallest absolute Gasteiger partial charge is 0.254 e. The van der Waals surface area contributed by atoms with E-state index in [1.165, 1.54) is 6.26 Å². The fourth-order valence-corrected chi connectivity index (χ4v) is 3.45. The van der Waals surface area contributed by atoms with E-state index in [9.17, 15) is 9.59 Å². The van der Waals surface area contributed by atoms with Crippen molar-refractivity contribution in [2.75, 3.05) is 33.9 Å². The highest BCUT2D eigenvalue weighted by molar-refractivity contribution is 5.94. The maximum absolute atomic E-state index is 12.7. The van der Waals surface area contributed by atoms with E-state index in [0.717, 1.165) is 18.6 Å². The van der Waals surface area contributed by atoms with Gasteiger partial charge in [-0.25, -0.2) is 0 Å². The molecule has 0 aliphatic carbocycles. The summed E-state index contributed by atoms with van der Waals surface area (Å²) in [6.07, 6.45) is 3.56. The molecule has 1 aromatic carbocycles. The summed E-state index contributed by atoms with van der Waals surface area (Å²) in [5.41, 5.74) is 1.29. The highest BCUT2D eigenvalue weighted by atomic mass is 16.5. The van der Waals surface area contributed by atoms with Crippen molar-refractivity contribution in [2.24, 2.45) is 0 Å². The third kappa shape index (κ3) is 5.38. The lowest BCUT2D eigenvalue weighted by Gasteiger charge is -2.32. The van der Waals surface area contributed by atoms with Crippen LogP contribution in [-0.4, -0.2) is 66.7 Å². The quantitative estimate of drug-likeness (QED) is 0.659. The Balaban J connectivity index is 1.50. The van der Waals surface area contributed by atoms with Gasteiger partial charge < -0.3 is 23.8 Å². The zero-order valence-corrected chi connectivity index (χ0v) is 17.7. The second kappa shape index (κ2) is 10.2. The largest absolute Gasteiger partial charge is 0.490 e. The zero-order chi connectivity index (χ0) is 21.5. The SMILES string of the molecule is COCCC(=O)N1CCC(Oc2ccc(C(=O)N(C)[C@@H](C)c3ccon3)cc2)CC1. The summed E-state index contributed by atoms with van der Waals surface area (Å²) in [5.74, 6) is 0.755. The Hall–Kier alpha value is -2.87. The molecule has 2 heterocycles. The molecule has 2 aromatic rings. The lowest BCUT2D eigenvalue weighted by atomic mass is 10.1. The van der Waals surface area contributed by atoms with E-state index in [1.54, 1.807) is 37.3 Å². The summed E-state index contributed by atoms with van der Waals surface area (Å²) in [7, 11) is 3.34. The van der Waals surface area contributed by atoms with Crippen molar-refractivity contribution < 1.29 is 23.6 Å². The van der Waals surface area contributed by atoms with Crippen LogP contribution in [0.4, 0.5) is 0 Å². The van der Waals surface area contributed by atoms with E-state index < -0.39 is 0 Å². The number of hydrogen-bond acceptors (Lipinski definition) is 6. The average molecular weight is 415 g/mol. The monoisotopic (exact) mass is 415 g/mol. The fraction of sp³-hybridized carbons (Fsp3) is 0.500. The van der Waals surface area contributed by atoms with E-state index in [1.807, 2.05) is 24.0 Å². The van der Waals surface area contributed by atoms with Gasteiger partial charge in [0, 0.05) is 51.7 Å². The normalized spacial score (nSPS) is 15.6. The van der Waals surface area contributed by atoms with Gasteiger partial charge in [-0.2, -0.15) is 0 Å². The fourth-order valence-electron chi connectivity index (χ4n) is 3.45. The first-order valence-corrected chi connectivity index (χ1v) is 10.2. The van der Waals surface area contributed by atoms with Gasteiger partial charge in [0.05, 0.1) is 19.1 Å². The van der Waals surface area contributed by atoms with Crippen LogP contribution in [0.25, 0.3) is 0 Å². The number of likely N-dealkylation sites (tertiary alicyclic amines) is 1. The molecule has 30 heavy (non-hydrogen) atoms. The number of benzene rings is 1. The van der Waals surface area contributed by atoms with Crippen molar-refractivity contribution in [1.29, 1.82) is 0 Å². The molecule has 0 radical (unpaired) electrons. The molecule has 0 N–H and O–H groups in total. The van der Waals surface area contributed by atoms with E-state index in [4.69, 9.17) is 14.0 Å². The van der Waals surface area contributed by atoms with Gasteiger partial charge in [0.1, 0.15) is 23.8 Å². The molecule has 0 saturated carbocycles. The topological polar surface area (TPSA) is 85.1 Å². The molecule has 0 bridgehead atoms. The third-order valence-electron chi connectivity index (χ3n) is 5.51. The first-order chi connectivity index (χ1) is 14.5. The van der Waals surface area contributed by atoms with Crippen LogP contribution in [0.2, 0.25) is 0 Å². The van der Waals surface area contributed by atoms with Gasteiger partial charge in [-0.05, 0) is 31.2 Å². The van der Waals surface area contributed by atoms with Gasteiger partial charge in [-0.15, -0.1) is 0 Å². The van der Waals surface area contributed by atoms with Gasteiger partial charge in [0.2, 0.25) is 5.91 Å². The number of nitrogens with zero attached hydrogens (tertiary/aromatic N) is 3. The van der Waals surface area contributed by atoms with Crippen LogP contribution in [0.1, 0.15) is 48.3 Å². The number of aromatic nitrogens is 1. The molecule has 0 unspecified atom stereocenters. The van der Waals surface area contributed by atoms with E-state index in [0.29, 0.717) is 37.4 Å². The zero-order valence-electron chi connectivity index (χ0n) is 17.7. The van der Waals surface area contributed by atoms with Crippen LogP contribution in [0.3, 0.4) is 0 Å². The van der Waals surface area contributed by atoms with Crippen molar-refractivity contribution in [2.45, 2.75) is 38.3 Å². The van der Waals surface area contributed by atoms with Gasteiger partial charge in [-0.1, -0.05) is 5.16 Å². The van der Waals surface area contributed by atoms with Crippen molar-refractivity contribution in [3.05, 3.63) is 47.9 Å². The standard InChI is InChI=1S/C22H29N3O5/c1-16(20-10-15-29-23-20)24(2)22(27)17-4-6-18(7-5-17)30-19-8-12-25(13-9-19)21(26)11-14-28-3/h4-7,10,15-16,19H,8-9,11-14H2,1-3H3/t16-/m0/s1. The second-order valence-corrected chi connectivity index (χ2v) is 7.48. The lowest BCUT2D eigenvalue weighted by molar-refractivity contribution is -0.133. The third-order valence-corrected chi connectivity index (χ3v) is 5.51. The molecular formula is C22H29N3O5. The summed E-state index contributed by atoms with van der Waals surface area (Å²) >= 11 is 0. The number of piperidine rings is 1. The Kier molecular flexibility index (Phi) is 7.46. The highest BCUT2D eigenvalue weighted by Gasteiger charge is 2.24. The van der Waals surface area contributed by atoms with Gasteiger partial charge in [0.15, 0.2) is 0 Å². The second-order valence-electron chi connectivity index (χ2n) is 7.48. The number of rotatable bonds is 8. The van der Waals surface area contributed by atoms with Gasteiger partial charge in [0.25, 0.3) is 5.91 Å². The molecule has 1 aromatic heterocycles. The summed E-state index contributed by atoms with van der Waals surface area (Å²) in [4.78, 5) is 28.3. The van der Waals surface area contributed by atoms with Crippen LogP contribution in [0.15, 0.2) is 41.1 Å². The predicted molar refractivity (Wildman–Crippen MR) is 110 cm³/mol. The minimum atomic E-state index is -0.191. The summed E-state index contributed by atoms with van der Waals surface area (Å²) in [6.45, 7) is 3.73. The maximum Gasteiger partial charge on any atom is 0.254 e. The van der Waals surface area contributed by atoms with E-state index in [2.05, 4.69) is 5.16 Å². The Morgan fingerprint density at radius 2 is 1.93 bits per heavy atom. The molecule has 1 saturated heterocycles. The number of carbonyl (C=O) groups is 2. The molecule has 2 amide bonds. The Bertz CT molecular complexity index is 814. The van der Waals surface area contributed by atoms with Gasteiger partial charge in [-0.3, -0.25) is 9.59 Å². The van der Waals surface area contributed by atoms with Crippen molar-refractivity contribution >= 4 is 11.8 Å². The van der Waals surface area contributed by atoms with E-state index in [-0.39, 0.29) is 24.0 Å². The molecule has 8 nitrogen and oxygen atoms in total. The molecule has 1 aliphatic heterocycles. The molecular weight excluding hydrogens is 386 g/mol. The molecule has 0 spiro atoms. The minimum absolute atomic E-state index is 0.0629. The summed E-state index contributed by atoms with van der Waals surface area (Å²) in [5, 5.41) is 3.90. The van der Waals surface area contributed by atoms with Crippen LogP contribution in [0.5, 0.6) is 5.75 Å². The summed E-state index contributed by atoms with van der Waals surface area (Å²) in [6, 6.07) is 8.74. The predicted octanol–water partition coefficient (Wildman–Crippen LogP) is 2.91. The highest BCUT2D eigenvalue weighted by Crippen LogP contribution is 2.23. The molecule has 1 aliphatic rings. The number of ether oxygens (including phenoxy) is 2. The average Bonchev–Trinajstić information content (AvgIpc) is 3.32. The summed E-state index contributed by atoms with van der Waals surface area (Å²) < 4.78 is 15.9. The number of amides is 2. The molecule has 162 valence electrons.